The quantitative estimate of drug-likeness (QED) is 0.608. The van der Waals surface area contributed by atoms with E-state index in [4.69, 9.17) is 15.3 Å². The summed E-state index contributed by atoms with van der Waals surface area (Å²) < 4.78 is 0. The molecule has 0 bridgehead atoms. The Kier molecular flexibility index (Phi) is 20.9. The third kappa shape index (κ3) is 31.6. The van der Waals surface area contributed by atoms with Gasteiger partial charge >= 0.3 is 17.9 Å². The van der Waals surface area contributed by atoms with Gasteiger partial charge in [-0.25, -0.2) is 14.4 Å². The van der Waals surface area contributed by atoms with E-state index in [1.807, 2.05) is 0 Å². The topological polar surface area (TPSA) is 112 Å². The van der Waals surface area contributed by atoms with Crippen molar-refractivity contribution in [2.24, 2.45) is 0 Å². The van der Waals surface area contributed by atoms with Crippen molar-refractivity contribution in [1.82, 2.24) is 0 Å². The fourth-order valence-corrected chi connectivity index (χ4v) is 0. The molecule has 0 spiro atoms. The van der Waals surface area contributed by atoms with Crippen LogP contribution in [0, 0.1) is 39.9 Å². The van der Waals surface area contributed by atoms with Crippen LogP contribution >= 0.6 is 0 Å². The zero-order chi connectivity index (χ0) is 15.5. The van der Waals surface area contributed by atoms with Crippen LogP contribution in [0.5, 0.6) is 0 Å². The maximum Gasteiger partial charge on any atom is 0.330 e. The molecular weight excluding hydrogens is 397 g/mol. The molecule has 6 nitrogen and oxygen atoms in total. The van der Waals surface area contributed by atoms with Gasteiger partial charge < -0.3 is 15.3 Å². The summed E-state index contributed by atoms with van der Waals surface area (Å²) in [5.74, 6) is -2.81. The van der Waals surface area contributed by atoms with E-state index in [-0.39, 0.29) is 56.7 Å². The van der Waals surface area contributed by atoms with Crippen molar-refractivity contribution in [3.8, 4) is 0 Å². The summed E-state index contributed by atoms with van der Waals surface area (Å²) in [7, 11) is 0. The summed E-state index contributed by atoms with van der Waals surface area (Å²) in [4.78, 5) is 28.8. The van der Waals surface area contributed by atoms with E-state index in [9.17, 15) is 14.4 Å². The van der Waals surface area contributed by atoms with Gasteiger partial charge in [-0.15, -0.1) is 0 Å². The van der Waals surface area contributed by atoms with E-state index in [1.54, 1.807) is 0 Å². The summed E-state index contributed by atoms with van der Waals surface area (Å²) >= 11 is 0. The molecule has 0 heterocycles. The number of hydrogen-bond donors (Lipinski definition) is 3. The molecule has 0 unspecified atom stereocenters. The smallest absolute Gasteiger partial charge is 0.330 e. The number of aliphatic carboxylic acids is 3. The van der Waals surface area contributed by atoms with Gasteiger partial charge in [0.15, 0.2) is 0 Å². The Labute approximate surface area is 144 Å². The van der Waals surface area contributed by atoms with Crippen LogP contribution in [0.3, 0.4) is 0 Å². The van der Waals surface area contributed by atoms with Gasteiger partial charge in [-0.3, -0.25) is 0 Å². The first-order valence-corrected chi connectivity index (χ1v) is 4.59. The van der Waals surface area contributed by atoms with Gasteiger partial charge in [0, 0.05) is 56.7 Å². The third-order valence-corrected chi connectivity index (χ3v) is 1.10. The maximum absolute atomic E-state index is 9.60. The van der Waals surface area contributed by atoms with Crippen molar-refractivity contribution in [3.63, 3.8) is 0 Å². The summed E-state index contributed by atoms with van der Waals surface area (Å²) in [6.07, 6.45) is 0. The van der Waals surface area contributed by atoms with E-state index in [1.165, 1.54) is 20.8 Å². The summed E-state index contributed by atoms with van der Waals surface area (Å²) in [6.45, 7) is 13.8. The fraction of sp³-hybridized carbons (Fsp3) is 0.250. The predicted molar refractivity (Wildman–Crippen MR) is 67.3 cm³/mol. The molecular formula is C12H18GdO6. The van der Waals surface area contributed by atoms with Gasteiger partial charge in [0.2, 0.25) is 0 Å². The van der Waals surface area contributed by atoms with Crippen LogP contribution in [0.4, 0.5) is 0 Å². The Bertz CT molecular complexity index is 277. The monoisotopic (exact) mass is 416 g/mol. The number of carboxylic acids is 3. The van der Waals surface area contributed by atoms with E-state index in [0.29, 0.717) is 0 Å². The van der Waals surface area contributed by atoms with Crippen LogP contribution in [0.2, 0.25) is 0 Å². The van der Waals surface area contributed by atoms with Gasteiger partial charge in [0.1, 0.15) is 0 Å². The summed E-state index contributed by atoms with van der Waals surface area (Å²) in [5.41, 5.74) is 0.528. The molecule has 0 aromatic carbocycles. The van der Waals surface area contributed by atoms with Crippen molar-refractivity contribution in [3.05, 3.63) is 36.5 Å². The normalized spacial score (nSPS) is 7.11. The summed E-state index contributed by atoms with van der Waals surface area (Å²) in [5, 5.41) is 23.7. The van der Waals surface area contributed by atoms with Gasteiger partial charge in [-0.2, -0.15) is 0 Å². The van der Waals surface area contributed by atoms with Gasteiger partial charge in [0.25, 0.3) is 0 Å². The number of hydrogen-bond acceptors (Lipinski definition) is 3. The first kappa shape index (κ1) is 26.5. The second-order valence-electron chi connectivity index (χ2n) is 3.26. The van der Waals surface area contributed by atoms with Crippen LogP contribution in [0.25, 0.3) is 0 Å². The second kappa shape index (κ2) is 15.0. The molecule has 0 atom stereocenters. The molecule has 7 heteroatoms. The first-order chi connectivity index (χ1) is 7.93. The predicted octanol–water partition coefficient (Wildman–Crippen LogP) is 1.94. The SMILES string of the molecule is C=C(C)C(=O)O.C=C(C)C(=O)O.C=C(C)C(=O)O.[Gd]. The van der Waals surface area contributed by atoms with E-state index in [2.05, 4.69) is 19.7 Å². The zero-order valence-corrected chi connectivity index (χ0v) is 13.3. The van der Waals surface area contributed by atoms with Crippen molar-refractivity contribution in [2.45, 2.75) is 20.8 Å². The molecule has 0 saturated heterocycles. The number of rotatable bonds is 3. The molecule has 0 fully saturated rings. The van der Waals surface area contributed by atoms with Crippen molar-refractivity contribution in [1.29, 1.82) is 0 Å². The summed E-state index contributed by atoms with van der Waals surface area (Å²) in [6, 6.07) is 0. The third-order valence-electron chi connectivity index (χ3n) is 1.10. The molecule has 0 aromatic heterocycles. The minimum Gasteiger partial charge on any atom is -0.478 e. The minimum absolute atomic E-state index is 0. The average molecular weight is 416 g/mol. The van der Waals surface area contributed by atoms with Gasteiger partial charge in [0.05, 0.1) is 0 Å². The van der Waals surface area contributed by atoms with E-state index < -0.39 is 17.9 Å². The van der Waals surface area contributed by atoms with Crippen LogP contribution < -0.4 is 0 Å². The number of carboxylic acid groups (broad SMARTS) is 3. The molecule has 0 aliphatic rings. The van der Waals surface area contributed by atoms with Gasteiger partial charge in [-0.05, 0) is 20.8 Å². The standard InChI is InChI=1S/3C4H6O2.Gd/c3*1-3(2)4(5)6;/h3*1H2,2H3,(H,5,6);. The minimum atomic E-state index is -0.935. The van der Waals surface area contributed by atoms with Crippen LogP contribution in [0.15, 0.2) is 36.5 Å². The molecule has 0 aliphatic carbocycles. The fourth-order valence-electron chi connectivity index (χ4n) is 0. The van der Waals surface area contributed by atoms with Crippen LogP contribution in [-0.2, 0) is 14.4 Å². The molecule has 0 radical (unpaired) electrons. The Morgan fingerprint density at radius 1 is 0.632 bits per heavy atom. The molecule has 0 aliphatic heterocycles. The van der Waals surface area contributed by atoms with E-state index >= 15 is 0 Å². The molecule has 0 saturated carbocycles. The Morgan fingerprint density at radius 2 is 0.684 bits per heavy atom. The van der Waals surface area contributed by atoms with E-state index in [0.717, 1.165) is 0 Å². The van der Waals surface area contributed by atoms with Crippen LogP contribution in [-0.4, -0.2) is 33.2 Å². The molecule has 0 amide bonds. The Hall–Kier alpha value is -1.05. The molecule has 0 aromatic rings. The van der Waals surface area contributed by atoms with Crippen molar-refractivity contribution < 1.29 is 69.6 Å². The average Bonchev–Trinajstić information content (AvgIpc) is 2.18. The Balaban J connectivity index is -0.0000000865. The molecule has 110 valence electrons. The largest absolute Gasteiger partial charge is 0.478 e. The van der Waals surface area contributed by atoms with Crippen LogP contribution in [0.1, 0.15) is 20.8 Å². The molecule has 3 N–H and O–H groups in total. The number of carbonyl (C=O) groups is 3. The van der Waals surface area contributed by atoms with Crippen molar-refractivity contribution in [2.75, 3.05) is 0 Å². The first-order valence-electron chi connectivity index (χ1n) is 4.59. The Morgan fingerprint density at radius 3 is 0.684 bits per heavy atom. The second-order valence-corrected chi connectivity index (χ2v) is 3.26. The zero-order valence-electron chi connectivity index (χ0n) is 11.0. The molecule has 19 heavy (non-hydrogen) atoms. The maximum atomic E-state index is 9.60. The van der Waals surface area contributed by atoms with Gasteiger partial charge in [-0.1, -0.05) is 19.7 Å². The van der Waals surface area contributed by atoms with Crippen molar-refractivity contribution >= 4 is 17.9 Å². The molecule has 0 rings (SSSR count).